The largest absolute Gasteiger partial charge is 0.339 e. The molecule has 0 N–H and O–H groups in total. The molecule has 1 aromatic heterocycles. The molecule has 1 fully saturated rings. The number of sulfonamides is 1. The van der Waals surface area contributed by atoms with Crippen LogP contribution in [0.5, 0.6) is 0 Å². The van der Waals surface area contributed by atoms with Crippen molar-refractivity contribution in [3.8, 4) is 0 Å². The molecular formula is C22H28N4O4S. The molecule has 4 rings (SSSR count). The Balaban J connectivity index is 1.37. The zero-order valence-electron chi connectivity index (χ0n) is 18.0. The Bertz CT molecular complexity index is 1130. The molecule has 2 heterocycles. The van der Waals surface area contributed by atoms with Gasteiger partial charge >= 0.3 is 0 Å². The van der Waals surface area contributed by atoms with Crippen molar-refractivity contribution in [3.05, 3.63) is 57.5 Å². The Kier molecular flexibility index (Phi) is 5.98. The Morgan fingerprint density at radius 2 is 1.81 bits per heavy atom. The molecule has 1 aromatic carbocycles. The van der Waals surface area contributed by atoms with Crippen molar-refractivity contribution in [2.45, 2.75) is 43.5 Å². The molecule has 9 heteroatoms. The lowest BCUT2D eigenvalue weighted by Crippen LogP contribution is -2.40. The molecule has 1 aliphatic heterocycles. The number of fused-ring (bicyclic) bond motifs is 1. The first-order chi connectivity index (χ1) is 14.8. The van der Waals surface area contributed by atoms with Gasteiger partial charge in [0.05, 0.1) is 10.6 Å². The molecule has 8 nitrogen and oxygen atoms in total. The Hall–Kier alpha value is -2.52. The number of benzene rings is 1. The Morgan fingerprint density at radius 3 is 2.45 bits per heavy atom. The van der Waals surface area contributed by atoms with Crippen LogP contribution in [0.1, 0.15) is 40.9 Å². The van der Waals surface area contributed by atoms with Crippen LogP contribution in [0.4, 0.5) is 0 Å². The number of likely N-dealkylation sites (tertiary alicyclic amines) is 1. The minimum Gasteiger partial charge on any atom is -0.339 e. The van der Waals surface area contributed by atoms with Gasteiger partial charge < -0.3 is 4.90 Å². The molecule has 0 atom stereocenters. The molecule has 1 saturated heterocycles. The fourth-order valence-corrected chi connectivity index (χ4v) is 5.20. The van der Waals surface area contributed by atoms with Crippen molar-refractivity contribution in [2.75, 3.05) is 27.2 Å². The van der Waals surface area contributed by atoms with Crippen LogP contribution in [0, 0.1) is 5.92 Å². The van der Waals surface area contributed by atoms with Crippen molar-refractivity contribution in [2.24, 2.45) is 5.92 Å². The van der Waals surface area contributed by atoms with E-state index >= 15 is 0 Å². The maximum atomic E-state index is 12.8. The second kappa shape index (κ2) is 8.55. The maximum Gasteiger partial charge on any atom is 0.267 e. The topological polar surface area (TPSA) is 92.6 Å². The number of aryl methyl sites for hydroxylation is 2. The van der Waals surface area contributed by atoms with Gasteiger partial charge in [0.2, 0.25) is 10.0 Å². The summed E-state index contributed by atoms with van der Waals surface area (Å²) in [5.74, 6) is 0.210. The first-order valence-electron chi connectivity index (χ1n) is 10.7. The van der Waals surface area contributed by atoms with Crippen LogP contribution in [0.25, 0.3) is 0 Å². The van der Waals surface area contributed by atoms with E-state index in [0.29, 0.717) is 31.1 Å². The highest BCUT2D eigenvalue weighted by Gasteiger charge is 2.26. The van der Waals surface area contributed by atoms with Crippen LogP contribution >= 0.6 is 0 Å². The van der Waals surface area contributed by atoms with E-state index in [9.17, 15) is 18.0 Å². The summed E-state index contributed by atoms with van der Waals surface area (Å²) in [5, 5.41) is 4.56. The highest BCUT2D eigenvalue weighted by molar-refractivity contribution is 7.89. The quantitative estimate of drug-likeness (QED) is 0.697. The first-order valence-corrected chi connectivity index (χ1v) is 12.1. The van der Waals surface area contributed by atoms with Crippen LogP contribution in [0.2, 0.25) is 0 Å². The molecule has 166 valence electrons. The Morgan fingerprint density at radius 1 is 1.13 bits per heavy atom. The third-order valence-corrected chi connectivity index (χ3v) is 8.07. The summed E-state index contributed by atoms with van der Waals surface area (Å²) in [6, 6.07) is 7.81. The molecule has 2 aromatic rings. The van der Waals surface area contributed by atoms with E-state index in [-0.39, 0.29) is 16.4 Å². The predicted octanol–water partition coefficient (Wildman–Crippen LogP) is 1.53. The van der Waals surface area contributed by atoms with E-state index in [4.69, 9.17) is 0 Å². The number of amides is 1. The van der Waals surface area contributed by atoms with E-state index in [1.165, 1.54) is 26.2 Å². The predicted molar refractivity (Wildman–Crippen MR) is 116 cm³/mol. The lowest BCUT2D eigenvalue weighted by Gasteiger charge is -2.32. The van der Waals surface area contributed by atoms with Crippen molar-refractivity contribution in [1.82, 2.24) is 19.0 Å². The van der Waals surface area contributed by atoms with E-state index in [1.807, 2.05) is 0 Å². The van der Waals surface area contributed by atoms with Gasteiger partial charge in [-0.15, -0.1) is 0 Å². The number of rotatable bonds is 5. The fraction of sp³-hybridized carbons (Fsp3) is 0.500. The maximum absolute atomic E-state index is 12.8. The third-order valence-electron chi connectivity index (χ3n) is 6.24. The molecule has 1 aliphatic carbocycles. The normalized spacial score (nSPS) is 17.2. The van der Waals surface area contributed by atoms with Gasteiger partial charge in [-0.3, -0.25) is 9.59 Å². The SMILES string of the molecule is CN(C)S(=O)(=O)c1ccc(C(=O)N2CCC(Cn3nc4c(cc3=O)CCC4)CC2)cc1. The molecule has 0 unspecified atom stereocenters. The summed E-state index contributed by atoms with van der Waals surface area (Å²) in [7, 11) is -0.560. The van der Waals surface area contributed by atoms with Gasteiger partial charge in [0.25, 0.3) is 11.5 Å². The van der Waals surface area contributed by atoms with E-state index in [1.54, 1.807) is 27.8 Å². The van der Waals surface area contributed by atoms with Crippen LogP contribution in [-0.2, 0) is 29.4 Å². The lowest BCUT2D eigenvalue weighted by molar-refractivity contribution is 0.0680. The van der Waals surface area contributed by atoms with Crippen molar-refractivity contribution in [3.63, 3.8) is 0 Å². The summed E-state index contributed by atoms with van der Waals surface area (Å²) in [5.41, 5.74) is 2.58. The second-order valence-electron chi connectivity index (χ2n) is 8.54. The van der Waals surface area contributed by atoms with Crippen LogP contribution in [-0.4, -0.2) is 60.5 Å². The highest BCUT2D eigenvalue weighted by atomic mass is 32.2. The van der Waals surface area contributed by atoms with Crippen molar-refractivity contribution in [1.29, 1.82) is 0 Å². The van der Waals surface area contributed by atoms with Crippen LogP contribution in [0.15, 0.2) is 40.0 Å². The number of carbonyl (C=O) groups is 1. The van der Waals surface area contributed by atoms with Crippen molar-refractivity contribution < 1.29 is 13.2 Å². The summed E-state index contributed by atoms with van der Waals surface area (Å²) >= 11 is 0. The van der Waals surface area contributed by atoms with Gasteiger partial charge in [0.15, 0.2) is 0 Å². The first kappa shape index (κ1) is 21.7. The van der Waals surface area contributed by atoms with E-state index in [0.717, 1.165) is 47.7 Å². The van der Waals surface area contributed by atoms with Gasteiger partial charge in [0.1, 0.15) is 0 Å². The zero-order valence-corrected chi connectivity index (χ0v) is 18.8. The molecule has 2 aliphatic rings. The van der Waals surface area contributed by atoms with Gasteiger partial charge in [-0.1, -0.05) is 0 Å². The van der Waals surface area contributed by atoms with Gasteiger partial charge in [-0.25, -0.2) is 17.4 Å². The van der Waals surface area contributed by atoms with Crippen LogP contribution < -0.4 is 5.56 Å². The third kappa shape index (κ3) is 4.43. The molecule has 0 saturated carbocycles. The van der Waals surface area contributed by atoms with E-state index < -0.39 is 10.0 Å². The lowest BCUT2D eigenvalue weighted by atomic mass is 9.96. The molecule has 0 spiro atoms. The molecule has 0 bridgehead atoms. The smallest absolute Gasteiger partial charge is 0.267 e. The molecule has 1 amide bonds. The summed E-state index contributed by atoms with van der Waals surface area (Å²) < 4.78 is 27.1. The number of nitrogens with zero attached hydrogens (tertiary/aromatic N) is 4. The number of hydrogen-bond acceptors (Lipinski definition) is 5. The minimum absolute atomic E-state index is 0.0353. The molecular weight excluding hydrogens is 416 g/mol. The average Bonchev–Trinajstić information content (AvgIpc) is 3.21. The van der Waals surface area contributed by atoms with Gasteiger partial charge in [0, 0.05) is 45.4 Å². The zero-order chi connectivity index (χ0) is 22.2. The summed E-state index contributed by atoms with van der Waals surface area (Å²) in [4.78, 5) is 27.1. The molecule has 31 heavy (non-hydrogen) atoms. The second-order valence-corrected chi connectivity index (χ2v) is 10.7. The minimum atomic E-state index is -3.51. The standard InChI is InChI=1S/C22H28N4O4S/c1-24(2)31(29,30)19-8-6-17(7-9-19)22(28)25-12-10-16(11-13-25)15-26-21(27)14-18-4-3-5-20(18)23-26/h6-9,14,16H,3-5,10-13,15H2,1-2H3. The van der Waals surface area contributed by atoms with E-state index in [2.05, 4.69) is 5.10 Å². The number of hydrogen-bond donors (Lipinski definition) is 0. The molecule has 0 radical (unpaired) electrons. The summed E-state index contributed by atoms with van der Waals surface area (Å²) in [6.45, 7) is 1.81. The number of piperidine rings is 1. The number of aromatic nitrogens is 2. The fourth-order valence-electron chi connectivity index (χ4n) is 4.30. The summed E-state index contributed by atoms with van der Waals surface area (Å²) in [6.07, 6.45) is 4.57. The number of carbonyl (C=O) groups excluding carboxylic acids is 1. The highest BCUT2D eigenvalue weighted by Crippen LogP contribution is 2.22. The van der Waals surface area contributed by atoms with Gasteiger partial charge in [-0.05, 0) is 67.9 Å². The Labute approximate surface area is 182 Å². The van der Waals surface area contributed by atoms with Gasteiger partial charge in [-0.2, -0.15) is 5.10 Å². The van der Waals surface area contributed by atoms with Crippen molar-refractivity contribution >= 4 is 15.9 Å². The average molecular weight is 445 g/mol. The van der Waals surface area contributed by atoms with Crippen LogP contribution in [0.3, 0.4) is 0 Å². The monoisotopic (exact) mass is 444 g/mol.